The van der Waals surface area contributed by atoms with E-state index < -0.39 is 0 Å². The molecule has 106 valence electrons. The highest BCUT2D eigenvalue weighted by Crippen LogP contribution is 2.25. The standard InChI is InChI=1S/C15H25N3O/c1-17-9-4-10-18(14(12-17)7-8-16)13-5-3-6-15(11-13)19-2/h3,5-6,11,14H,4,7-10,12,16H2,1-2H3. The second-order valence-corrected chi connectivity index (χ2v) is 5.24. The minimum atomic E-state index is 0.490. The van der Waals surface area contributed by atoms with Gasteiger partial charge in [0.1, 0.15) is 5.75 Å². The fourth-order valence-electron chi connectivity index (χ4n) is 2.81. The quantitative estimate of drug-likeness (QED) is 0.895. The summed E-state index contributed by atoms with van der Waals surface area (Å²) in [5, 5.41) is 0. The van der Waals surface area contributed by atoms with E-state index in [1.165, 1.54) is 12.1 Å². The van der Waals surface area contributed by atoms with Gasteiger partial charge in [-0.2, -0.15) is 0 Å². The molecule has 1 aliphatic rings. The molecule has 1 aliphatic heterocycles. The lowest BCUT2D eigenvalue weighted by molar-refractivity contribution is 0.326. The molecule has 0 amide bonds. The predicted octanol–water partition coefficient (Wildman–Crippen LogP) is 1.55. The molecule has 2 rings (SSSR count). The van der Waals surface area contributed by atoms with E-state index in [0.29, 0.717) is 6.04 Å². The van der Waals surface area contributed by atoms with Gasteiger partial charge in [0.15, 0.2) is 0 Å². The van der Waals surface area contributed by atoms with Crippen LogP contribution < -0.4 is 15.4 Å². The van der Waals surface area contributed by atoms with Gasteiger partial charge in [0, 0.05) is 30.9 Å². The Labute approximate surface area is 116 Å². The molecule has 1 fully saturated rings. The van der Waals surface area contributed by atoms with E-state index in [2.05, 4.69) is 35.0 Å². The molecule has 0 spiro atoms. The van der Waals surface area contributed by atoms with Crippen molar-refractivity contribution >= 4 is 5.69 Å². The summed E-state index contributed by atoms with van der Waals surface area (Å²) in [7, 11) is 3.91. The zero-order valence-corrected chi connectivity index (χ0v) is 12.0. The van der Waals surface area contributed by atoms with Crippen molar-refractivity contribution in [3.05, 3.63) is 24.3 Å². The first-order valence-electron chi connectivity index (χ1n) is 7.04. The largest absolute Gasteiger partial charge is 0.497 e. The monoisotopic (exact) mass is 263 g/mol. The first-order chi connectivity index (χ1) is 9.24. The summed E-state index contributed by atoms with van der Waals surface area (Å²) < 4.78 is 5.33. The Balaban J connectivity index is 2.21. The molecule has 1 atom stereocenters. The number of hydrogen-bond acceptors (Lipinski definition) is 4. The summed E-state index contributed by atoms with van der Waals surface area (Å²) >= 11 is 0. The van der Waals surface area contributed by atoms with E-state index in [9.17, 15) is 0 Å². The van der Waals surface area contributed by atoms with Gasteiger partial charge in [-0.05, 0) is 45.1 Å². The third kappa shape index (κ3) is 3.61. The van der Waals surface area contributed by atoms with Crippen molar-refractivity contribution in [1.29, 1.82) is 0 Å². The second kappa shape index (κ2) is 6.78. The number of benzene rings is 1. The fraction of sp³-hybridized carbons (Fsp3) is 0.600. The summed E-state index contributed by atoms with van der Waals surface area (Å²) in [5.41, 5.74) is 7.03. The van der Waals surface area contributed by atoms with E-state index in [1.807, 2.05) is 6.07 Å². The Hall–Kier alpha value is -1.26. The van der Waals surface area contributed by atoms with Crippen LogP contribution in [0.5, 0.6) is 5.75 Å². The number of nitrogens with zero attached hydrogens (tertiary/aromatic N) is 2. The maximum atomic E-state index is 5.78. The van der Waals surface area contributed by atoms with E-state index in [0.717, 1.165) is 38.3 Å². The van der Waals surface area contributed by atoms with Gasteiger partial charge in [0.05, 0.1) is 7.11 Å². The first-order valence-corrected chi connectivity index (χ1v) is 7.04. The number of methoxy groups -OCH3 is 1. The minimum Gasteiger partial charge on any atom is -0.497 e. The van der Waals surface area contributed by atoms with Crippen molar-refractivity contribution < 1.29 is 4.74 Å². The minimum absolute atomic E-state index is 0.490. The molecule has 0 aliphatic carbocycles. The lowest BCUT2D eigenvalue weighted by Gasteiger charge is -2.33. The van der Waals surface area contributed by atoms with Gasteiger partial charge in [0.25, 0.3) is 0 Å². The Morgan fingerprint density at radius 3 is 2.95 bits per heavy atom. The zero-order valence-electron chi connectivity index (χ0n) is 12.0. The molecule has 1 aromatic rings. The fourth-order valence-corrected chi connectivity index (χ4v) is 2.81. The summed E-state index contributed by atoms with van der Waals surface area (Å²) in [6.07, 6.45) is 2.22. The number of nitrogens with two attached hydrogens (primary N) is 1. The van der Waals surface area contributed by atoms with E-state index in [-0.39, 0.29) is 0 Å². The molecule has 1 aromatic carbocycles. The van der Waals surface area contributed by atoms with E-state index >= 15 is 0 Å². The molecule has 0 bridgehead atoms. The topological polar surface area (TPSA) is 41.7 Å². The molecular formula is C15H25N3O. The van der Waals surface area contributed by atoms with Gasteiger partial charge in [-0.1, -0.05) is 6.07 Å². The van der Waals surface area contributed by atoms with Crippen LogP contribution in [-0.4, -0.2) is 51.3 Å². The SMILES string of the molecule is COc1cccc(N2CCCN(C)CC2CCN)c1. The zero-order chi connectivity index (χ0) is 13.7. The number of hydrogen-bond donors (Lipinski definition) is 1. The van der Waals surface area contributed by atoms with Crippen LogP contribution in [0.4, 0.5) is 5.69 Å². The van der Waals surface area contributed by atoms with Crippen molar-refractivity contribution in [2.75, 3.05) is 45.2 Å². The molecule has 1 heterocycles. The van der Waals surface area contributed by atoms with Crippen molar-refractivity contribution in [2.24, 2.45) is 5.73 Å². The molecule has 4 nitrogen and oxygen atoms in total. The van der Waals surface area contributed by atoms with Gasteiger partial charge >= 0.3 is 0 Å². The van der Waals surface area contributed by atoms with Gasteiger partial charge in [-0.15, -0.1) is 0 Å². The predicted molar refractivity (Wildman–Crippen MR) is 79.9 cm³/mol. The van der Waals surface area contributed by atoms with Crippen LogP contribution in [0.2, 0.25) is 0 Å². The van der Waals surface area contributed by atoms with Gasteiger partial charge < -0.3 is 20.3 Å². The highest BCUT2D eigenvalue weighted by molar-refractivity contribution is 5.51. The Morgan fingerprint density at radius 1 is 1.37 bits per heavy atom. The lowest BCUT2D eigenvalue weighted by atomic mass is 10.1. The highest BCUT2D eigenvalue weighted by atomic mass is 16.5. The maximum Gasteiger partial charge on any atom is 0.120 e. The van der Waals surface area contributed by atoms with Crippen LogP contribution in [0.3, 0.4) is 0 Å². The van der Waals surface area contributed by atoms with Crippen LogP contribution in [0.1, 0.15) is 12.8 Å². The molecule has 1 saturated heterocycles. The highest BCUT2D eigenvalue weighted by Gasteiger charge is 2.23. The van der Waals surface area contributed by atoms with Crippen LogP contribution in [-0.2, 0) is 0 Å². The normalized spacial score (nSPS) is 21.2. The maximum absolute atomic E-state index is 5.78. The lowest BCUT2D eigenvalue weighted by Crippen LogP contribution is -2.41. The average molecular weight is 263 g/mol. The Bertz CT molecular complexity index is 397. The Kier molecular flexibility index (Phi) is 5.05. The van der Waals surface area contributed by atoms with Crippen LogP contribution in [0.25, 0.3) is 0 Å². The molecule has 4 heteroatoms. The van der Waals surface area contributed by atoms with Crippen LogP contribution >= 0.6 is 0 Å². The summed E-state index contributed by atoms with van der Waals surface area (Å²) in [5.74, 6) is 0.918. The van der Waals surface area contributed by atoms with Crippen molar-refractivity contribution in [3.8, 4) is 5.75 Å². The van der Waals surface area contributed by atoms with Gasteiger partial charge in [0.2, 0.25) is 0 Å². The van der Waals surface area contributed by atoms with E-state index in [1.54, 1.807) is 7.11 Å². The first kappa shape index (κ1) is 14.2. The van der Waals surface area contributed by atoms with Crippen LogP contribution in [0, 0.1) is 0 Å². The summed E-state index contributed by atoms with van der Waals surface area (Å²) in [4.78, 5) is 4.89. The van der Waals surface area contributed by atoms with Crippen molar-refractivity contribution in [1.82, 2.24) is 4.90 Å². The number of rotatable bonds is 4. The molecule has 1 unspecified atom stereocenters. The molecule has 2 N–H and O–H groups in total. The molecular weight excluding hydrogens is 238 g/mol. The van der Waals surface area contributed by atoms with E-state index in [4.69, 9.17) is 10.5 Å². The summed E-state index contributed by atoms with van der Waals surface area (Å²) in [6.45, 7) is 4.05. The third-order valence-electron chi connectivity index (χ3n) is 3.79. The van der Waals surface area contributed by atoms with Gasteiger partial charge in [-0.3, -0.25) is 0 Å². The molecule has 0 saturated carbocycles. The average Bonchev–Trinajstić information content (AvgIpc) is 2.61. The summed E-state index contributed by atoms with van der Waals surface area (Å²) in [6, 6.07) is 8.82. The van der Waals surface area contributed by atoms with Crippen molar-refractivity contribution in [3.63, 3.8) is 0 Å². The van der Waals surface area contributed by atoms with Gasteiger partial charge in [-0.25, -0.2) is 0 Å². The number of anilines is 1. The van der Waals surface area contributed by atoms with Crippen molar-refractivity contribution in [2.45, 2.75) is 18.9 Å². The molecule has 0 aromatic heterocycles. The number of ether oxygens (including phenoxy) is 1. The van der Waals surface area contributed by atoms with Crippen LogP contribution in [0.15, 0.2) is 24.3 Å². The molecule has 0 radical (unpaired) electrons. The third-order valence-corrected chi connectivity index (χ3v) is 3.79. The second-order valence-electron chi connectivity index (χ2n) is 5.24. The number of likely N-dealkylation sites (N-methyl/N-ethyl adjacent to an activating group) is 1. The molecule has 19 heavy (non-hydrogen) atoms. The Morgan fingerprint density at radius 2 is 2.21 bits per heavy atom. The smallest absolute Gasteiger partial charge is 0.120 e.